The Morgan fingerprint density at radius 3 is 2.52 bits per heavy atom. The number of carbonyl (C=O) groups excluding carboxylic acids is 1. The number of hydrogen-bond acceptors (Lipinski definition) is 7. The third-order valence-electron chi connectivity index (χ3n) is 2.82. The van der Waals surface area contributed by atoms with Gasteiger partial charge in [0, 0.05) is 5.56 Å². The zero-order valence-corrected chi connectivity index (χ0v) is 13.9. The Morgan fingerprint density at radius 1 is 1.24 bits per heavy atom. The molecule has 1 aromatic heterocycles. The number of carbonyl (C=O) groups is 1. The topological polar surface area (TPSA) is 61.3 Å². The molecule has 0 fully saturated rings. The molecule has 0 amide bonds. The summed E-state index contributed by atoms with van der Waals surface area (Å²) in [6, 6.07) is 5.17. The SMILES string of the molecule is COc1ccc(C(=O)[C@@H](C)Sc2nnc(C)s2)cc1OC. The second kappa shape index (κ2) is 6.91. The maximum Gasteiger partial charge on any atom is 0.176 e. The van der Waals surface area contributed by atoms with E-state index in [-0.39, 0.29) is 11.0 Å². The highest BCUT2D eigenvalue weighted by Crippen LogP contribution is 2.31. The molecule has 0 saturated heterocycles. The van der Waals surface area contributed by atoms with Crippen LogP contribution in [-0.4, -0.2) is 35.5 Å². The van der Waals surface area contributed by atoms with Crippen molar-refractivity contribution in [3.8, 4) is 11.5 Å². The van der Waals surface area contributed by atoms with E-state index < -0.39 is 0 Å². The van der Waals surface area contributed by atoms with E-state index in [1.807, 2.05) is 13.8 Å². The summed E-state index contributed by atoms with van der Waals surface area (Å²) in [5.74, 6) is 1.18. The molecule has 0 saturated carbocycles. The van der Waals surface area contributed by atoms with E-state index in [1.54, 1.807) is 32.4 Å². The van der Waals surface area contributed by atoms with Crippen molar-refractivity contribution in [3.63, 3.8) is 0 Å². The first-order valence-corrected chi connectivity index (χ1v) is 7.97. The molecule has 1 atom stereocenters. The maximum absolute atomic E-state index is 12.5. The van der Waals surface area contributed by atoms with Crippen molar-refractivity contribution in [1.29, 1.82) is 0 Å². The number of benzene rings is 1. The summed E-state index contributed by atoms with van der Waals surface area (Å²) < 4.78 is 11.2. The summed E-state index contributed by atoms with van der Waals surface area (Å²) in [5.41, 5.74) is 0.592. The van der Waals surface area contributed by atoms with Crippen LogP contribution in [0.25, 0.3) is 0 Å². The molecule has 0 N–H and O–H groups in total. The van der Waals surface area contributed by atoms with E-state index in [9.17, 15) is 4.79 Å². The van der Waals surface area contributed by atoms with Gasteiger partial charge in [-0.3, -0.25) is 4.79 Å². The van der Waals surface area contributed by atoms with E-state index in [2.05, 4.69) is 10.2 Å². The van der Waals surface area contributed by atoms with Gasteiger partial charge in [-0.1, -0.05) is 23.1 Å². The van der Waals surface area contributed by atoms with E-state index in [0.29, 0.717) is 17.1 Å². The first kappa shape index (κ1) is 15.8. The standard InChI is InChI=1S/C14H16N2O3S2/c1-8(20-14-16-15-9(2)21-14)13(17)10-5-6-11(18-3)12(7-10)19-4/h5-8H,1-4H3/t8-/m1/s1. The monoisotopic (exact) mass is 324 g/mol. The summed E-state index contributed by atoms with van der Waals surface area (Å²) in [5, 5.41) is 8.63. The van der Waals surface area contributed by atoms with Crippen molar-refractivity contribution in [1.82, 2.24) is 10.2 Å². The number of ketones is 1. The molecule has 7 heteroatoms. The van der Waals surface area contributed by atoms with Crippen LogP contribution in [0.4, 0.5) is 0 Å². The fourth-order valence-corrected chi connectivity index (χ4v) is 3.79. The smallest absolute Gasteiger partial charge is 0.176 e. The Bertz CT molecular complexity index is 643. The quantitative estimate of drug-likeness (QED) is 0.600. The van der Waals surface area contributed by atoms with Crippen LogP contribution >= 0.6 is 23.1 Å². The minimum atomic E-state index is -0.240. The molecule has 0 bridgehead atoms. The highest BCUT2D eigenvalue weighted by atomic mass is 32.2. The maximum atomic E-state index is 12.5. The lowest BCUT2D eigenvalue weighted by Gasteiger charge is -2.11. The van der Waals surface area contributed by atoms with Gasteiger partial charge in [-0.15, -0.1) is 10.2 Å². The number of hydrogen-bond donors (Lipinski definition) is 0. The van der Waals surface area contributed by atoms with Crippen LogP contribution in [-0.2, 0) is 0 Å². The second-order valence-corrected chi connectivity index (χ2v) is 7.05. The number of nitrogens with zero attached hydrogens (tertiary/aromatic N) is 2. The number of Topliss-reactive ketones (excluding diaryl/α,β-unsaturated/α-hetero) is 1. The lowest BCUT2D eigenvalue weighted by atomic mass is 10.1. The molecule has 112 valence electrons. The Kier molecular flexibility index (Phi) is 5.19. The first-order chi connectivity index (χ1) is 10.0. The second-order valence-electron chi connectivity index (χ2n) is 4.28. The number of ether oxygens (including phenoxy) is 2. The van der Waals surface area contributed by atoms with Gasteiger partial charge in [0.1, 0.15) is 5.01 Å². The van der Waals surface area contributed by atoms with E-state index >= 15 is 0 Å². The highest BCUT2D eigenvalue weighted by molar-refractivity contribution is 8.02. The molecule has 0 unspecified atom stereocenters. The first-order valence-electron chi connectivity index (χ1n) is 6.28. The van der Waals surface area contributed by atoms with Crippen molar-refractivity contribution in [2.24, 2.45) is 0 Å². The van der Waals surface area contributed by atoms with Crippen LogP contribution in [0.5, 0.6) is 11.5 Å². The molecule has 0 spiro atoms. The molecule has 2 rings (SSSR count). The van der Waals surface area contributed by atoms with Gasteiger partial charge in [0.2, 0.25) is 0 Å². The Balaban J connectivity index is 2.15. The van der Waals surface area contributed by atoms with Crippen molar-refractivity contribution in [2.75, 3.05) is 14.2 Å². The van der Waals surface area contributed by atoms with Crippen LogP contribution in [0.2, 0.25) is 0 Å². The fourth-order valence-electron chi connectivity index (χ4n) is 1.75. The largest absolute Gasteiger partial charge is 0.493 e. The minimum absolute atomic E-state index is 0.0220. The highest BCUT2D eigenvalue weighted by Gasteiger charge is 2.20. The molecule has 0 radical (unpaired) electrons. The lowest BCUT2D eigenvalue weighted by Crippen LogP contribution is -2.13. The van der Waals surface area contributed by atoms with Gasteiger partial charge in [0.05, 0.1) is 19.5 Å². The lowest BCUT2D eigenvalue weighted by molar-refractivity contribution is 0.0993. The average Bonchev–Trinajstić information content (AvgIpc) is 2.90. The summed E-state index contributed by atoms with van der Waals surface area (Å²) >= 11 is 2.90. The molecular weight excluding hydrogens is 308 g/mol. The summed E-state index contributed by atoms with van der Waals surface area (Å²) in [4.78, 5) is 12.5. The average molecular weight is 324 g/mol. The zero-order chi connectivity index (χ0) is 15.4. The van der Waals surface area contributed by atoms with E-state index in [0.717, 1.165) is 9.35 Å². The van der Waals surface area contributed by atoms with Crippen LogP contribution in [0.15, 0.2) is 22.5 Å². The molecule has 1 aromatic carbocycles. The van der Waals surface area contributed by atoms with Gasteiger partial charge in [-0.25, -0.2) is 0 Å². The zero-order valence-electron chi connectivity index (χ0n) is 12.2. The molecule has 0 aliphatic rings. The number of rotatable bonds is 6. The van der Waals surface area contributed by atoms with Crippen molar-refractivity contribution >= 4 is 28.9 Å². The van der Waals surface area contributed by atoms with E-state index in [1.165, 1.54) is 23.1 Å². The Labute approximate surface area is 131 Å². The van der Waals surface area contributed by atoms with Gasteiger partial charge >= 0.3 is 0 Å². The molecule has 5 nitrogen and oxygen atoms in total. The molecule has 0 aliphatic carbocycles. The summed E-state index contributed by atoms with van der Waals surface area (Å²) in [6.07, 6.45) is 0. The third-order valence-corrected chi connectivity index (χ3v) is 4.85. The van der Waals surface area contributed by atoms with Gasteiger partial charge in [0.15, 0.2) is 21.6 Å². The number of aryl methyl sites for hydroxylation is 1. The molecule has 0 aliphatic heterocycles. The predicted octanol–water partition coefficient (Wildman–Crippen LogP) is 3.23. The van der Waals surface area contributed by atoms with Crippen molar-refractivity contribution < 1.29 is 14.3 Å². The third kappa shape index (κ3) is 3.74. The van der Waals surface area contributed by atoms with Gasteiger partial charge < -0.3 is 9.47 Å². The number of methoxy groups -OCH3 is 2. The molecular formula is C14H16N2O3S2. The van der Waals surface area contributed by atoms with Gasteiger partial charge in [0.25, 0.3) is 0 Å². The minimum Gasteiger partial charge on any atom is -0.493 e. The van der Waals surface area contributed by atoms with Gasteiger partial charge in [-0.2, -0.15) is 0 Å². The summed E-state index contributed by atoms with van der Waals surface area (Å²) in [7, 11) is 3.12. The van der Waals surface area contributed by atoms with E-state index in [4.69, 9.17) is 9.47 Å². The normalized spacial score (nSPS) is 12.0. The van der Waals surface area contributed by atoms with Crippen LogP contribution in [0.3, 0.4) is 0 Å². The molecule has 2 aromatic rings. The van der Waals surface area contributed by atoms with Crippen molar-refractivity contribution in [2.45, 2.75) is 23.4 Å². The molecule has 21 heavy (non-hydrogen) atoms. The predicted molar refractivity (Wildman–Crippen MR) is 83.8 cm³/mol. The molecule has 1 heterocycles. The fraction of sp³-hybridized carbons (Fsp3) is 0.357. The Hall–Kier alpha value is -1.60. The van der Waals surface area contributed by atoms with Crippen LogP contribution in [0, 0.1) is 6.92 Å². The van der Waals surface area contributed by atoms with Crippen LogP contribution in [0.1, 0.15) is 22.3 Å². The van der Waals surface area contributed by atoms with Crippen molar-refractivity contribution in [3.05, 3.63) is 28.8 Å². The summed E-state index contributed by atoms with van der Waals surface area (Å²) in [6.45, 7) is 3.75. The van der Waals surface area contributed by atoms with Crippen LogP contribution < -0.4 is 9.47 Å². The number of aromatic nitrogens is 2. The van der Waals surface area contributed by atoms with Gasteiger partial charge in [-0.05, 0) is 32.0 Å². The Morgan fingerprint density at radius 2 is 1.95 bits per heavy atom. The number of thioether (sulfide) groups is 1.